The van der Waals surface area contributed by atoms with Crippen molar-refractivity contribution in [2.24, 2.45) is 0 Å². The fraction of sp³-hybridized carbons (Fsp3) is 0.417. The first-order chi connectivity index (χ1) is 13.7. The number of rotatable bonds is 6. The highest BCUT2D eigenvalue weighted by Crippen LogP contribution is 2.26. The summed E-state index contributed by atoms with van der Waals surface area (Å²) in [7, 11) is 0. The number of nitrogens with zero attached hydrogens (tertiary/aromatic N) is 1. The van der Waals surface area contributed by atoms with Crippen molar-refractivity contribution < 1.29 is 14.0 Å². The van der Waals surface area contributed by atoms with Crippen molar-refractivity contribution in [1.29, 1.82) is 0 Å². The molecule has 0 aromatic heterocycles. The molecule has 0 bridgehead atoms. The first kappa shape index (κ1) is 21.0. The molecular weight excluding hydrogens is 367 g/mol. The van der Waals surface area contributed by atoms with Crippen LogP contribution in [-0.2, 0) is 28.1 Å². The standard InChI is InChI=1S/C24H29FN2O2/c1-24(2,3)19-8-4-18(5-9-19)16-27-21(12-13-23(27)29)14-22(28)26-15-17-6-10-20(25)11-7-17/h4-11,21H,12-16H2,1-3H3,(H,26,28). The minimum atomic E-state index is -0.296. The molecule has 2 aromatic carbocycles. The van der Waals surface area contributed by atoms with E-state index in [4.69, 9.17) is 0 Å². The van der Waals surface area contributed by atoms with Gasteiger partial charge in [0.25, 0.3) is 0 Å². The zero-order chi connectivity index (χ0) is 21.0. The molecule has 154 valence electrons. The Morgan fingerprint density at radius 2 is 1.69 bits per heavy atom. The molecule has 1 N–H and O–H groups in total. The second kappa shape index (κ2) is 8.76. The van der Waals surface area contributed by atoms with Crippen molar-refractivity contribution in [3.05, 3.63) is 71.0 Å². The lowest BCUT2D eigenvalue weighted by Crippen LogP contribution is -2.36. The maximum absolute atomic E-state index is 13.0. The van der Waals surface area contributed by atoms with Gasteiger partial charge in [-0.3, -0.25) is 9.59 Å². The lowest BCUT2D eigenvalue weighted by Gasteiger charge is -2.25. The Labute approximate surface area is 172 Å². The Morgan fingerprint density at radius 1 is 1.07 bits per heavy atom. The molecule has 0 spiro atoms. The van der Waals surface area contributed by atoms with E-state index in [-0.39, 0.29) is 35.5 Å². The predicted molar refractivity (Wildman–Crippen MR) is 112 cm³/mol. The van der Waals surface area contributed by atoms with Gasteiger partial charge in [0, 0.05) is 32.0 Å². The first-order valence-corrected chi connectivity index (χ1v) is 10.1. The van der Waals surface area contributed by atoms with Crippen molar-refractivity contribution in [2.75, 3.05) is 0 Å². The SMILES string of the molecule is CC(C)(C)c1ccc(CN2C(=O)CCC2CC(=O)NCc2ccc(F)cc2)cc1. The van der Waals surface area contributed by atoms with Gasteiger partial charge >= 0.3 is 0 Å². The molecule has 1 fully saturated rings. The highest BCUT2D eigenvalue weighted by molar-refractivity contribution is 5.82. The third kappa shape index (κ3) is 5.66. The smallest absolute Gasteiger partial charge is 0.223 e. The van der Waals surface area contributed by atoms with Gasteiger partial charge in [-0.1, -0.05) is 57.2 Å². The van der Waals surface area contributed by atoms with Gasteiger partial charge in [-0.25, -0.2) is 4.39 Å². The van der Waals surface area contributed by atoms with E-state index in [2.05, 4.69) is 50.4 Å². The minimum absolute atomic E-state index is 0.0852. The average molecular weight is 397 g/mol. The zero-order valence-corrected chi connectivity index (χ0v) is 17.4. The average Bonchev–Trinajstić information content (AvgIpc) is 3.01. The molecule has 0 radical (unpaired) electrons. The summed E-state index contributed by atoms with van der Waals surface area (Å²) >= 11 is 0. The first-order valence-electron chi connectivity index (χ1n) is 10.1. The van der Waals surface area contributed by atoms with Crippen LogP contribution in [0.5, 0.6) is 0 Å². The molecule has 3 rings (SSSR count). The van der Waals surface area contributed by atoms with Crippen LogP contribution in [0.2, 0.25) is 0 Å². The van der Waals surface area contributed by atoms with E-state index >= 15 is 0 Å². The van der Waals surface area contributed by atoms with E-state index < -0.39 is 0 Å². The molecular formula is C24H29FN2O2. The number of carbonyl (C=O) groups excluding carboxylic acids is 2. The van der Waals surface area contributed by atoms with E-state index in [1.54, 1.807) is 12.1 Å². The van der Waals surface area contributed by atoms with Crippen molar-refractivity contribution in [1.82, 2.24) is 10.2 Å². The number of halogens is 1. The molecule has 2 aromatic rings. The maximum atomic E-state index is 13.0. The van der Waals surface area contributed by atoms with E-state index in [1.165, 1.54) is 17.7 Å². The largest absolute Gasteiger partial charge is 0.352 e. The summed E-state index contributed by atoms with van der Waals surface area (Å²) in [6, 6.07) is 14.3. The van der Waals surface area contributed by atoms with Crippen LogP contribution < -0.4 is 5.32 Å². The van der Waals surface area contributed by atoms with Crippen molar-refractivity contribution in [2.45, 2.75) is 64.6 Å². The van der Waals surface area contributed by atoms with Crippen LogP contribution in [-0.4, -0.2) is 22.8 Å². The summed E-state index contributed by atoms with van der Waals surface area (Å²) in [6.07, 6.45) is 1.46. The lowest BCUT2D eigenvalue weighted by atomic mass is 9.87. The van der Waals surface area contributed by atoms with Gasteiger partial charge in [0.2, 0.25) is 11.8 Å². The van der Waals surface area contributed by atoms with Crippen LogP contribution in [0.1, 0.15) is 56.7 Å². The Balaban J connectivity index is 1.56. The van der Waals surface area contributed by atoms with Gasteiger partial charge < -0.3 is 10.2 Å². The van der Waals surface area contributed by atoms with Gasteiger partial charge in [0.15, 0.2) is 0 Å². The van der Waals surface area contributed by atoms with Gasteiger partial charge in [0.05, 0.1) is 0 Å². The summed E-state index contributed by atoms with van der Waals surface area (Å²) in [5.41, 5.74) is 3.27. The van der Waals surface area contributed by atoms with E-state index in [1.807, 2.05) is 4.90 Å². The molecule has 2 amide bonds. The van der Waals surface area contributed by atoms with Crippen LogP contribution in [0, 0.1) is 5.82 Å². The predicted octanol–water partition coefficient (Wildman–Crippen LogP) is 4.32. The van der Waals surface area contributed by atoms with E-state index in [0.29, 0.717) is 25.9 Å². The maximum Gasteiger partial charge on any atom is 0.223 e. The van der Waals surface area contributed by atoms with Gasteiger partial charge in [-0.15, -0.1) is 0 Å². The Bertz CT molecular complexity index is 854. The van der Waals surface area contributed by atoms with Gasteiger partial charge in [0.1, 0.15) is 5.82 Å². The van der Waals surface area contributed by atoms with Crippen LogP contribution in [0.4, 0.5) is 4.39 Å². The van der Waals surface area contributed by atoms with Gasteiger partial charge in [-0.2, -0.15) is 0 Å². The molecule has 1 aliphatic heterocycles. The van der Waals surface area contributed by atoms with E-state index in [0.717, 1.165) is 11.1 Å². The summed E-state index contributed by atoms with van der Waals surface area (Å²) < 4.78 is 13.0. The molecule has 0 aliphatic carbocycles. The number of hydrogen-bond acceptors (Lipinski definition) is 2. The van der Waals surface area contributed by atoms with Crippen LogP contribution in [0.25, 0.3) is 0 Å². The highest BCUT2D eigenvalue weighted by Gasteiger charge is 2.32. The summed E-state index contributed by atoms with van der Waals surface area (Å²) in [5.74, 6) is -0.293. The number of hydrogen-bond donors (Lipinski definition) is 1. The number of likely N-dealkylation sites (tertiary alicyclic amines) is 1. The summed E-state index contributed by atoms with van der Waals surface area (Å²) in [6.45, 7) is 7.40. The normalized spacial score (nSPS) is 16.9. The molecule has 1 heterocycles. The molecule has 1 saturated heterocycles. The minimum Gasteiger partial charge on any atom is -0.352 e. The summed E-state index contributed by atoms with van der Waals surface area (Å²) in [5, 5.41) is 2.87. The summed E-state index contributed by atoms with van der Waals surface area (Å²) in [4.78, 5) is 26.6. The molecule has 1 atom stereocenters. The molecule has 1 aliphatic rings. The Hall–Kier alpha value is -2.69. The number of amides is 2. The van der Waals surface area contributed by atoms with Crippen molar-refractivity contribution in [3.63, 3.8) is 0 Å². The second-order valence-corrected chi connectivity index (χ2v) is 8.77. The topological polar surface area (TPSA) is 49.4 Å². The third-order valence-corrected chi connectivity index (χ3v) is 5.45. The molecule has 29 heavy (non-hydrogen) atoms. The zero-order valence-electron chi connectivity index (χ0n) is 17.4. The van der Waals surface area contributed by atoms with E-state index in [9.17, 15) is 14.0 Å². The van der Waals surface area contributed by atoms with Crippen LogP contribution in [0.15, 0.2) is 48.5 Å². The number of carbonyl (C=O) groups is 2. The lowest BCUT2D eigenvalue weighted by molar-refractivity contribution is -0.130. The molecule has 4 nitrogen and oxygen atoms in total. The fourth-order valence-electron chi connectivity index (χ4n) is 3.62. The molecule has 5 heteroatoms. The monoisotopic (exact) mass is 396 g/mol. The van der Waals surface area contributed by atoms with Crippen LogP contribution >= 0.6 is 0 Å². The highest BCUT2D eigenvalue weighted by atomic mass is 19.1. The van der Waals surface area contributed by atoms with Crippen molar-refractivity contribution >= 4 is 11.8 Å². The molecule has 1 unspecified atom stereocenters. The Kier molecular flexibility index (Phi) is 6.36. The quantitative estimate of drug-likeness (QED) is 0.791. The Morgan fingerprint density at radius 3 is 2.31 bits per heavy atom. The number of benzene rings is 2. The number of nitrogens with one attached hydrogen (secondary N) is 1. The fourth-order valence-corrected chi connectivity index (χ4v) is 3.62. The van der Waals surface area contributed by atoms with Gasteiger partial charge in [-0.05, 0) is 40.7 Å². The van der Waals surface area contributed by atoms with Crippen molar-refractivity contribution in [3.8, 4) is 0 Å². The van der Waals surface area contributed by atoms with Crippen LogP contribution in [0.3, 0.4) is 0 Å². The molecule has 0 saturated carbocycles. The third-order valence-electron chi connectivity index (χ3n) is 5.45. The second-order valence-electron chi connectivity index (χ2n) is 8.77.